The molecule has 104 valence electrons. The Labute approximate surface area is 118 Å². The van der Waals surface area contributed by atoms with Crippen LogP contribution in [0.25, 0.3) is 0 Å². The molecule has 0 atom stereocenters. The highest BCUT2D eigenvalue weighted by Gasteiger charge is 2.15. The molecule has 0 saturated carbocycles. The van der Waals surface area contributed by atoms with Gasteiger partial charge < -0.3 is 10.6 Å². The summed E-state index contributed by atoms with van der Waals surface area (Å²) in [5.41, 5.74) is 7.09. The Balaban J connectivity index is 2.77. The lowest BCUT2D eigenvalue weighted by Gasteiger charge is -2.17. The number of amides is 1. The fraction of sp³-hybridized carbons (Fsp3) is 0.333. The summed E-state index contributed by atoms with van der Waals surface area (Å²) in [5, 5.41) is 0. The van der Waals surface area contributed by atoms with Crippen LogP contribution in [0.15, 0.2) is 24.3 Å². The zero-order valence-corrected chi connectivity index (χ0v) is 12.4. The third kappa shape index (κ3) is 5.35. The number of nitrogens with zero attached hydrogens (tertiary/aromatic N) is 1. The molecule has 0 unspecified atom stereocenters. The number of rotatable bonds is 5. The van der Waals surface area contributed by atoms with Crippen molar-refractivity contribution >= 4 is 33.0 Å². The van der Waals surface area contributed by atoms with Crippen molar-refractivity contribution in [1.29, 1.82) is 0 Å². The molecule has 0 spiro atoms. The summed E-state index contributed by atoms with van der Waals surface area (Å²) in [6.45, 7) is 0.310. The van der Waals surface area contributed by atoms with Crippen molar-refractivity contribution in [3.05, 3.63) is 35.4 Å². The average molecular weight is 300 g/mol. The number of hydrogen-bond acceptors (Lipinski definition) is 4. The molecule has 1 rings (SSSR count). The molecular weight excluding hydrogens is 284 g/mol. The van der Waals surface area contributed by atoms with Crippen LogP contribution in [0.1, 0.15) is 11.1 Å². The van der Waals surface area contributed by atoms with Gasteiger partial charge in [0.2, 0.25) is 5.91 Å². The van der Waals surface area contributed by atoms with Gasteiger partial charge in [0.25, 0.3) is 0 Å². The smallest absolute Gasteiger partial charge is 0.237 e. The van der Waals surface area contributed by atoms with Crippen molar-refractivity contribution in [2.45, 2.75) is 6.54 Å². The molecule has 0 aliphatic rings. The molecule has 0 aliphatic heterocycles. The van der Waals surface area contributed by atoms with Crippen molar-refractivity contribution in [1.82, 2.24) is 4.90 Å². The molecule has 0 bridgehead atoms. The van der Waals surface area contributed by atoms with E-state index in [-0.39, 0.29) is 4.99 Å². The first kappa shape index (κ1) is 15.6. The minimum Gasteiger partial charge on any atom is -0.389 e. The maximum absolute atomic E-state index is 11.7. The molecule has 0 heterocycles. The Kier molecular flexibility index (Phi) is 5.02. The maximum atomic E-state index is 11.7. The first-order valence-corrected chi connectivity index (χ1v) is 7.96. The van der Waals surface area contributed by atoms with Crippen molar-refractivity contribution in [3.8, 4) is 0 Å². The summed E-state index contributed by atoms with van der Waals surface area (Å²) in [6.07, 6.45) is 1.03. The van der Waals surface area contributed by atoms with Gasteiger partial charge in [0.15, 0.2) is 9.84 Å². The number of carbonyl (C=O) groups is 1. The molecule has 2 N–H and O–H groups in total. The molecule has 0 aromatic heterocycles. The van der Waals surface area contributed by atoms with Gasteiger partial charge in [-0.1, -0.05) is 30.4 Å². The van der Waals surface area contributed by atoms with E-state index in [0.29, 0.717) is 6.54 Å². The number of thiocarbonyl (C=S) groups is 1. The fourth-order valence-electron chi connectivity index (χ4n) is 1.52. The van der Waals surface area contributed by atoms with E-state index in [1.165, 1.54) is 4.90 Å². The van der Waals surface area contributed by atoms with E-state index in [1.807, 2.05) is 6.07 Å². The van der Waals surface area contributed by atoms with Crippen LogP contribution in [0.2, 0.25) is 0 Å². The van der Waals surface area contributed by atoms with E-state index >= 15 is 0 Å². The highest BCUT2D eigenvalue weighted by molar-refractivity contribution is 7.91. The summed E-state index contributed by atoms with van der Waals surface area (Å²) in [4.78, 5) is 13.3. The van der Waals surface area contributed by atoms with Crippen LogP contribution in [-0.2, 0) is 21.2 Å². The molecular formula is C12H16N2O3S2. The predicted molar refractivity (Wildman–Crippen MR) is 78.5 cm³/mol. The van der Waals surface area contributed by atoms with E-state index in [9.17, 15) is 13.2 Å². The lowest BCUT2D eigenvalue weighted by molar-refractivity contribution is -0.127. The highest BCUT2D eigenvalue weighted by atomic mass is 32.2. The number of carbonyl (C=O) groups excluding carboxylic acids is 1. The average Bonchev–Trinajstić information content (AvgIpc) is 2.27. The van der Waals surface area contributed by atoms with Gasteiger partial charge in [-0.15, -0.1) is 0 Å². The van der Waals surface area contributed by atoms with Gasteiger partial charge in [0.05, 0.1) is 0 Å². The molecule has 0 saturated heterocycles. The van der Waals surface area contributed by atoms with E-state index in [4.69, 9.17) is 18.0 Å². The summed E-state index contributed by atoms with van der Waals surface area (Å²) >= 11 is 4.88. The van der Waals surface area contributed by atoms with Gasteiger partial charge in [0, 0.05) is 25.4 Å². The lowest BCUT2D eigenvalue weighted by Crippen LogP contribution is -2.31. The molecule has 0 radical (unpaired) electrons. The fourth-order valence-corrected chi connectivity index (χ4v) is 2.32. The lowest BCUT2D eigenvalue weighted by atomic mass is 10.1. The first-order valence-electron chi connectivity index (χ1n) is 5.49. The van der Waals surface area contributed by atoms with E-state index in [0.717, 1.165) is 17.4 Å². The topological polar surface area (TPSA) is 80.5 Å². The molecule has 0 aliphatic carbocycles. The van der Waals surface area contributed by atoms with Crippen LogP contribution >= 0.6 is 12.2 Å². The van der Waals surface area contributed by atoms with Gasteiger partial charge >= 0.3 is 0 Å². The highest BCUT2D eigenvalue weighted by Crippen LogP contribution is 2.08. The van der Waals surface area contributed by atoms with Crippen LogP contribution in [0.3, 0.4) is 0 Å². The minimum absolute atomic E-state index is 0.284. The van der Waals surface area contributed by atoms with Gasteiger partial charge in [-0.2, -0.15) is 0 Å². The Morgan fingerprint density at radius 3 is 2.58 bits per heavy atom. The number of sulfone groups is 1. The molecule has 19 heavy (non-hydrogen) atoms. The molecule has 1 amide bonds. The first-order chi connectivity index (χ1) is 8.69. The Hall–Kier alpha value is -1.47. The quantitative estimate of drug-likeness (QED) is 0.792. The van der Waals surface area contributed by atoms with Gasteiger partial charge in [-0.25, -0.2) is 8.42 Å². The van der Waals surface area contributed by atoms with Crippen LogP contribution in [0.5, 0.6) is 0 Å². The Morgan fingerprint density at radius 1 is 1.42 bits per heavy atom. The third-order valence-electron chi connectivity index (χ3n) is 2.44. The number of nitrogens with two attached hydrogens (primary N) is 1. The SMILES string of the molecule is CN(Cc1cccc(C(N)=S)c1)C(=O)CS(C)(=O)=O. The van der Waals surface area contributed by atoms with Gasteiger partial charge in [-0.3, -0.25) is 4.79 Å². The van der Waals surface area contributed by atoms with E-state index in [2.05, 4.69) is 0 Å². The van der Waals surface area contributed by atoms with Crippen molar-refractivity contribution in [2.75, 3.05) is 19.1 Å². The molecule has 0 fully saturated rings. The Bertz CT molecular complexity index is 597. The van der Waals surface area contributed by atoms with Crippen LogP contribution < -0.4 is 5.73 Å². The van der Waals surface area contributed by atoms with Gasteiger partial charge in [0.1, 0.15) is 10.7 Å². The van der Waals surface area contributed by atoms with Gasteiger partial charge in [-0.05, 0) is 11.6 Å². The van der Waals surface area contributed by atoms with Crippen molar-refractivity contribution < 1.29 is 13.2 Å². The number of benzene rings is 1. The predicted octanol–water partition coefficient (Wildman–Crippen LogP) is 0.324. The second kappa shape index (κ2) is 6.12. The maximum Gasteiger partial charge on any atom is 0.237 e. The van der Waals surface area contributed by atoms with Crippen molar-refractivity contribution in [2.24, 2.45) is 5.73 Å². The van der Waals surface area contributed by atoms with E-state index < -0.39 is 21.5 Å². The van der Waals surface area contributed by atoms with Crippen LogP contribution in [-0.4, -0.2) is 43.3 Å². The minimum atomic E-state index is -3.31. The Morgan fingerprint density at radius 2 is 2.05 bits per heavy atom. The zero-order valence-electron chi connectivity index (χ0n) is 10.8. The summed E-state index contributed by atoms with van der Waals surface area (Å²) in [5.74, 6) is -0.929. The molecule has 1 aromatic rings. The zero-order chi connectivity index (χ0) is 14.6. The number of hydrogen-bond donors (Lipinski definition) is 1. The van der Waals surface area contributed by atoms with E-state index in [1.54, 1.807) is 25.2 Å². The molecule has 5 nitrogen and oxygen atoms in total. The normalized spacial score (nSPS) is 11.1. The molecule has 7 heteroatoms. The second-order valence-electron chi connectivity index (χ2n) is 4.38. The standard InChI is InChI=1S/C12H16N2O3S2/c1-14(11(15)8-19(2,16)17)7-9-4-3-5-10(6-9)12(13)18/h3-6H,7-8H2,1-2H3,(H2,13,18). The summed E-state index contributed by atoms with van der Waals surface area (Å²) in [6, 6.07) is 7.18. The van der Waals surface area contributed by atoms with Crippen LogP contribution in [0.4, 0.5) is 0 Å². The summed E-state index contributed by atoms with van der Waals surface area (Å²) in [7, 11) is -1.76. The van der Waals surface area contributed by atoms with Crippen molar-refractivity contribution in [3.63, 3.8) is 0 Å². The second-order valence-corrected chi connectivity index (χ2v) is 6.96. The summed E-state index contributed by atoms with van der Waals surface area (Å²) < 4.78 is 22.1. The largest absolute Gasteiger partial charge is 0.389 e. The monoisotopic (exact) mass is 300 g/mol. The molecule has 1 aromatic carbocycles. The third-order valence-corrected chi connectivity index (χ3v) is 3.45. The van der Waals surface area contributed by atoms with Crippen LogP contribution in [0, 0.1) is 0 Å².